The molecule has 2 fully saturated rings. The predicted octanol–water partition coefficient (Wildman–Crippen LogP) is 1.93. The maximum Gasteiger partial charge on any atom is 0.223 e. The fourth-order valence-electron chi connectivity index (χ4n) is 3.22. The highest BCUT2D eigenvalue weighted by atomic mass is 16.5. The van der Waals surface area contributed by atoms with Crippen LogP contribution < -0.4 is 11.1 Å². The highest BCUT2D eigenvalue weighted by Gasteiger charge is 2.44. The summed E-state index contributed by atoms with van der Waals surface area (Å²) in [6.07, 6.45) is 4.45. The normalized spacial score (nSPS) is 32.9. The van der Waals surface area contributed by atoms with Crippen molar-refractivity contribution in [3.63, 3.8) is 0 Å². The maximum absolute atomic E-state index is 12.4. The van der Waals surface area contributed by atoms with Gasteiger partial charge in [-0.2, -0.15) is 0 Å². The molecule has 20 heavy (non-hydrogen) atoms. The van der Waals surface area contributed by atoms with E-state index in [1.54, 1.807) is 0 Å². The molecule has 1 amide bonds. The molecule has 4 heteroatoms. The Bertz CT molecular complexity index is 339. The van der Waals surface area contributed by atoms with Crippen molar-refractivity contribution in [1.29, 1.82) is 0 Å². The van der Waals surface area contributed by atoms with Crippen LogP contribution in [0, 0.1) is 23.2 Å². The van der Waals surface area contributed by atoms with Crippen LogP contribution in [0.1, 0.15) is 46.5 Å². The molecule has 3 atom stereocenters. The van der Waals surface area contributed by atoms with Crippen molar-refractivity contribution < 1.29 is 9.53 Å². The van der Waals surface area contributed by atoms with Crippen molar-refractivity contribution in [2.45, 2.75) is 52.5 Å². The molecule has 0 aromatic heterocycles. The molecule has 0 aromatic carbocycles. The molecule has 2 aliphatic rings. The zero-order valence-corrected chi connectivity index (χ0v) is 13.2. The van der Waals surface area contributed by atoms with E-state index in [0.717, 1.165) is 25.4 Å². The smallest absolute Gasteiger partial charge is 0.223 e. The van der Waals surface area contributed by atoms with E-state index < -0.39 is 0 Å². The number of nitrogens with one attached hydrogen (secondary N) is 1. The summed E-state index contributed by atoms with van der Waals surface area (Å²) in [4.78, 5) is 12.4. The number of carbonyl (C=O) groups is 1. The minimum Gasteiger partial charge on any atom is -0.379 e. The van der Waals surface area contributed by atoms with E-state index in [2.05, 4.69) is 26.1 Å². The van der Waals surface area contributed by atoms with Gasteiger partial charge in [0.1, 0.15) is 0 Å². The molecule has 3 unspecified atom stereocenters. The lowest BCUT2D eigenvalue weighted by atomic mass is 9.61. The Balaban J connectivity index is 1.72. The Morgan fingerprint density at radius 2 is 2.00 bits per heavy atom. The lowest BCUT2D eigenvalue weighted by Crippen LogP contribution is -2.51. The summed E-state index contributed by atoms with van der Waals surface area (Å²) in [6, 6.07) is 0.218. The first kappa shape index (κ1) is 15.8. The predicted molar refractivity (Wildman–Crippen MR) is 80.2 cm³/mol. The summed E-state index contributed by atoms with van der Waals surface area (Å²) in [7, 11) is 0. The third-order valence-corrected chi connectivity index (χ3v) is 5.42. The summed E-state index contributed by atoms with van der Waals surface area (Å²) in [5.41, 5.74) is 6.11. The van der Waals surface area contributed by atoms with Crippen LogP contribution in [-0.2, 0) is 9.53 Å². The minimum absolute atomic E-state index is 0.0311. The highest BCUT2D eigenvalue weighted by molar-refractivity contribution is 5.79. The SMILES string of the molecule is CC1C(N)CCC(C(=O)NCCOCC2CC2)C1(C)C. The Kier molecular flexibility index (Phi) is 5.08. The van der Waals surface area contributed by atoms with E-state index >= 15 is 0 Å². The molecule has 0 aromatic rings. The number of carbonyl (C=O) groups excluding carboxylic acids is 1. The molecule has 0 spiro atoms. The fraction of sp³-hybridized carbons (Fsp3) is 0.938. The van der Waals surface area contributed by atoms with Crippen LogP contribution in [0.25, 0.3) is 0 Å². The molecule has 4 nitrogen and oxygen atoms in total. The van der Waals surface area contributed by atoms with Crippen molar-refractivity contribution in [3.8, 4) is 0 Å². The number of rotatable bonds is 6. The molecule has 0 bridgehead atoms. The first-order valence-electron chi connectivity index (χ1n) is 8.04. The number of hydrogen-bond donors (Lipinski definition) is 2. The van der Waals surface area contributed by atoms with E-state index in [4.69, 9.17) is 10.5 Å². The second-order valence-corrected chi connectivity index (χ2v) is 7.21. The molecule has 2 aliphatic carbocycles. The van der Waals surface area contributed by atoms with E-state index in [1.807, 2.05) is 0 Å². The Labute approximate surface area is 122 Å². The van der Waals surface area contributed by atoms with Crippen LogP contribution in [0.5, 0.6) is 0 Å². The first-order chi connectivity index (χ1) is 9.43. The molecule has 0 aliphatic heterocycles. The second-order valence-electron chi connectivity index (χ2n) is 7.21. The molecule has 0 heterocycles. The van der Waals surface area contributed by atoms with E-state index in [-0.39, 0.29) is 23.3 Å². The van der Waals surface area contributed by atoms with Gasteiger partial charge in [-0.1, -0.05) is 20.8 Å². The van der Waals surface area contributed by atoms with Gasteiger partial charge in [-0.3, -0.25) is 4.79 Å². The maximum atomic E-state index is 12.4. The summed E-state index contributed by atoms with van der Waals surface area (Å²) >= 11 is 0. The molecular weight excluding hydrogens is 252 g/mol. The molecule has 0 saturated heterocycles. The van der Waals surface area contributed by atoms with Gasteiger partial charge in [0.25, 0.3) is 0 Å². The van der Waals surface area contributed by atoms with Crippen molar-refractivity contribution in [2.24, 2.45) is 28.9 Å². The van der Waals surface area contributed by atoms with Gasteiger partial charge >= 0.3 is 0 Å². The van der Waals surface area contributed by atoms with Gasteiger partial charge in [-0.15, -0.1) is 0 Å². The van der Waals surface area contributed by atoms with E-state index in [9.17, 15) is 4.79 Å². The van der Waals surface area contributed by atoms with Crippen LogP contribution in [0.15, 0.2) is 0 Å². The summed E-state index contributed by atoms with van der Waals surface area (Å²) in [6.45, 7) is 8.62. The van der Waals surface area contributed by atoms with Crippen LogP contribution >= 0.6 is 0 Å². The Morgan fingerprint density at radius 3 is 2.65 bits per heavy atom. The van der Waals surface area contributed by atoms with Crippen molar-refractivity contribution in [3.05, 3.63) is 0 Å². The zero-order chi connectivity index (χ0) is 14.8. The monoisotopic (exact) mass is 282 g/mol. The highest BCUT2D eigenvalue weighted by Crippen LogP contribution is 2.44. The molecule has 0 radical (unpaired) electrons. The molecule has 2 saturated carbocycles. The Morgan fingerprint density at radius 1 is 1.30 bits per heavy atom. The van der Waals surface area contributed by atoms with Gasteiger partial charge < -0.3 is 15.8 Å². The number of amides is 1. The third-order valence-electron chi connectivity index (χ3n) is 5.42. The second kappa shape index (κ2) is 6.44. The summed E-state index contributed by atoms with van der Waals surface area (Å²) in [5.74, 6) is 1.40. The standard InChI is InChI=1S/C16H30N2O2/c1-11-14(17)7-6-13(16(11,2)3)15(19)18-8-9-20-10-12-4-5-12/h11-14H,4-10,17H2,1-3H3,(H,18,19). The van der Waals surface area contributed by atoms with Gasteiger partial charge in [0.05, 0.1) is 6.61 Å². The molecular formula is C16H30N2O2. The van der Waals surface area contributed by atoms with Crippen LogP contribution in [-0.4, -0.2) is 31.7 Å². The average Bonchev–Trinajstić information content (AvgIpc) is 3.19. The van der Waals surface area contributed by atoms with Crippen molar-refractivity contribution in [2.75, 3.05) is 19.8 Å². The van der Waals surface area contributed by atoms with Gasteiger partial charge in [0, 0.05) is 25.1 Å². The minimum atomic E-state index is -0.0311. The number of hydrogen-bond acceptors (Lipinski definition) is 3. The van der Waals surface area contributed by atoms with Crippen LogP contribution in [0.3, 0.4) is 0 Å². The number of ether oxygens (including phenoxy) is 1. The Hall–Kier alpha value is -0.610. The molecule has 2 rings (SSSR count). The van der Waals surface area contributed by atoms with Gasteiger partial charge in [0.15, 0.2) is 0 Å². The van der Waals surface area contributed by atoms with Gasteiger partial charge in [-0.05, 0) is 42.9 Å². The van der Waals surface area contributed by atoms with Gasteiger partial charge in [-0.25, -0.2) is 0 Å². The zero-order valence-electron chi connectivity index (χ0n) is 13.2. The quantitative estimate of drug-likeness (QED) is 0.732. The fourth-order valence-corrected chi connectivity index (χ4v) is 3.22. The van der Waals surface area contributed by atoms with E-state index in [0.29, 0.717) is 19.1 Å². The van der Waals surface area contributed by atoms with E-state index in [1.165, 1.54) is 12.8 Å². The lowest BCUT2D eigenvalue weighted by Gasteiger charge is -2.46. The molecule has 116 valence electrons. The van der Waals surface area contributed by atoms with Crippen molar-refractivity contribution in [1.82, 2.24) is 5.32 Å². The topological polar surface area (TPSA) is 64.4 Å². The average molecular weight is 282 g/mol. The molecule has 3 N–H and O–H groups in total. The third kappa shape index (κ3) is 3.73. The lowest BCUT2D eigenvalue weighted by molar-refractivity contribution is -0.132. The first-order valence-corrected chi connectivity index (χ1v) is 8.04. The summed E-state index contributed by atoms with van der Waals surface area (Å²) < 4.78 is 5.55. The summed E-state index contributed by atoms with van der Waals surface area (Å²) in [5, 5.41) is 3.03. The number of nitrogens with two attached hydrogens (primary N) is 1. The largest absolute Gasteiger partial charge is 0.379 e. The van der Waals surface area contributed by atoms with Gasteiger partial charge in [0.2, 0.25) is 5.91 Å². The van der Waals surface area contributed by atoms with Crippen molar-refractivity contribution >= 4 is 5.91 Å². The van der Waals surface area contributed by atoms with Crippen LogP contribution in [0.2, 0.25) is 0 Å². The van der Waals surface area contributed by atoms with Crippen LogP contribution in [0.4, 0.5) is 0 Å².